The third-order valence-corrected chi connectivity index (χ3v) is 2.94. The van der Waals surface area contributed by atoms with Crippen LogP contribution < -0.4 is 4.74 Å². The second kappa shape index (κ2) is 5.69. The van der Waals surface area contributed by atoms with E-state index in [2.05, 4.69) is 4.98 Å². The predicted octanol–water partition coefficient (Wildman–Crippen LogP) is 3.33. The molecule has 2 aromatic rings. The highest BCUT2D eigenvalue weighted by Gasteiger charge is 2.35. The van der Waals surface area contributed by atoms with E-state index >= 15 is 0 Å². The van der Waals surface area contributed by atoms with Crippen LogP contribution in [-0.4, -0.2) is 17.2 Å². The maximum Gasteiger partial charge on any atom is 0.416 e. The lowest BCUT2D eigenvalue weighted by atomic mass is 9.98. The summed E-state index contributed by atoms with van der Waals surface area (Å²) in [7, 11) is 1.22. The van der Waals surface area contributed by atoms with Crippen LogP contribution in [0.4, 0.5) is 17.6 Å². The average Bonchev–Trinajstić information content (AvgIpc) is 2.46. The van der Waals surface area contributed by atoms with Crippen LogP contribution in [-0.2, 0) is 6.18 Å². The molecule has 0 aliphatic heterocycles. The summed E-state index contributed by atoms with van der Waals surface area (Å²) in [6.07, 6.45) is -4.29. The number of aromatic nitrogens is 1. The third kappa shape index (κ3) is 3.13. The summed E-state index contributed by atoms with van der Waals surface area (Å²) in [6.45, 7) is 0. The highest BCUT2D eigenvalue weighted by Crippen LogP contribution is 2.36. The molecular weight excluding hydrogens is 290 g/mol. The van der Waals surface area contributed by atoms with E-state index in [0.29, 0.717) is 0 Å². The van der Waals surface area contributed by atoms with Gasteiger partial charge in [0.2, 0.25) is 0 Å². The van der Waals surface area contributed by atoms with Gasteiger partial charge < -0.3 is 9.84 Å². The van der Waals surface area contributed by atoms with E-state index in [1.807, 2.05) is 0 Å². The normalized spacial score (nSPS) is 13.0. The molecule has 0 aliphatic rings. The highest BCUT2D eigenvalue weighted by atomic mass is 19.4. The fourth-order valence-corrected chi connectivity index (χ4v) is 1.91. The molecule has 0 bridgehead atoms. The topological polar surface area (TPSA) is 42.4 Å². The zero-order valence-electron chi connectivity index (χ0n) is 10.9. The van der Waals surface area contributed by atoms with Gasteiger partial charge in [-0.1, -0.05) is 6.07 Å². The van der Waals surface area contributed by atoms with Gasteiger partial charge in [-0.15, -0.1) is 0 Å². The van der Waals surface area contributed by atoms with Gasteiger partial charge in [0.15, 0.2) is 11.6 Å². The van der Waals surface area contributed by atoms with E-state index in [4.69, 9.17) is 4.74 Å². The number of ether oxygens (including phenoxy) is 1. The van der Waals surface area contributed by atoms with E-state index in [1.54, 1.807) is 0 Å². The number of aliphatic hydroxyl groups is 1. The minimum absolute atomic E-state index is 0.0757. The summed E-state index contributed by atoms with van der Waals surface area (Å²) in [5.74, 6) is -0.834. The summed E-state index contributed by atoms with van der Waals surface area (Å²) in [5.41, 5.74) is -1.32. The molecule has 1 unspecified atom stereocenters. The molecular formula is C14H11F4NO2. The van der Waals surface area contributed by atoms with Crippen molar-refractivity contribution in [2.45, 2.75) is 12.3 Å². The fraction of sp³-hybridized carbons (Fsp3) is 0.214. The molecule has 0 saturated carbocycles. The quantitative estimate of drug-likeness (QED) is 0.884. The molecule has 1 aromatic carbocycles. The molecule has 1 N–H and O–H groups in total. The molecule has 0 fully saturated rings. The molecule has 1 atom stereocenters. The second-order valence-electron chi connectivity index (χ2n) is 4.26. The van der Waals surface area contributed by atoms with Crippen molar-refractivity contribution >= 4 is 0 Å². The number of nitrogens with zero attached hydrogens (tertiary/aromatic N) is 1. The minimum Gasteiger partial charge on any atom is -0.494 e. The predicted molar refractivity (Wildman–Crippen MR) is 66.3 cm³/mol. The van der Waals surface area contributed by atoms with E-state index in [9.17, 15) is 22.7 Å². The van der Waals surface area contributed by atoms with Gasteiger partial charge in [0.05, 0.1) is 12.7 Å². The van der Waals surface area contributed by atoms with Crippen molar-refractivity contribution in [2.24, 2.45) is 0 Å². The zero-order valence-corrected chi connectivity index (χ0v) is 10.9. The zero-order chi connectivity index (χ0) is 15.6. The molecule has 1 aromatic heterocycles. The van der Waals surface area contributed by atoms with Crippen molar-refractivity contribution in [2.75, 3.05) is 7.11 Å². The SMILES string of the molecule is COc1cc(C(O)c2cnccc2C(F)(F)F)ccc1F. The first kappa shape index (κ1) is 15.2. The molecule has 0 saturated heterocycles. The number of rotatable bonds is 3. The first-order valence-corrected chi connectivity index (χ1v) is 5.87. The summed E-state index contributed by atoms with van der Waals surface area (Å²) >= 11 is 0. The Morgan fingerprint density at radius 2 is 1.95 bits per heavy atom. The number of hydrogen-bond donors (Lipinski definition) is 1. The van der Waals surface area contributed by atoms with Gasteiger partial charge in [0.1, 0.15) is 6.10 Å². The number of alkyl halides is 3. The largest absolute Gasteiger partial charge is 0.494 e. The maximum absolute atomic E-state index is 13.3. The first-order valence-electron chi connectivity index (χ1n) is 5.87. The van der Waals surface area contributed by atoms with Crippen molar-refractivity contribution in [1.82, 2.24) is 4.98 Å². The van der Waals surface area contributed by atoms with Crippen molar-refractivity contribution in [3.05, 3.63) is 59.2 Å². The molecule has 1 heterocycles. The van der Waals surface area contributed by atoms with Gasteiger partial charge in [-0.25, -0.2) is 4.39 Å². The van der Waals surface area contributed by atoms with Crippen molar-refractivity contribution in [3.8, 4) is 5.75 Å². The monoisotopic (exact) mass is 301 g/mol. The molecule has 3 nitrogen and oxygen atoms in total. The number of aliphatic hydroxyl groups excluding tert-OH is 1. The minimum atomic E-state index is -4.62. The Morgan fingerprint density at radius 3 is 2.57 bits per heavy atom. The van der Waals surface area contributed by atoms with Gasteiger partial charge >= 0.3 is 6.18 Å². The summed E-state index contributed by atoms with van der Waals surface area (Å²) in [5, 5.41) is 10.1. The molecule has 21 heavy (non-hydrogen) atoms. The van der Waals surface area contributed by atoms with Crippen LogP contribution in [0.2, 0.25) is 0 Å². The number of hydrogen-bond acceptors (Lipinski definition) is 3. The Kier molecular flexibility index (Phi) is 4.13. The van der Waals surface area contributed by atoms with E-state index < -0.39 is 29.2 Å². The summed E-state index contributed by atoms with van der Waals surface area (Å²) < 4.78 is 56.8. The molecule has 0 aliphatic carbocycles. The second-order valence-corrected chi connectivity index (χ2v) is 4.26. The van der Waals surface area contributed by atoms with E-state index in [-0.39, 0.29) is 11.3 Å². The molecule has 0 spiro atoms. The van der Waals surface area contributed by atoms with Crippen LogP contribution in [0.5, 0.6) is 5.75 Å². The Labute approximate surface area is 117 Å². The van der Waals surface area contributed by atoms with E-state index in [0.717, 1.165) is 30.6 Å². The molecule has 0 radical (unpaired) electrons. The fourth-order valence-electron chi connectivity index (χ4n) is 1.91. The van der Waals surface area contributed by atoms with Crippen molar-refractivity contribution in [3.63, 3.8) is 0 Å². The van der Waals surface area contributed by atoms with E-state index in [1.165, 1.54) is 13.2 Å². The third-order valence-electron chi connectivity index (χ3n) is 2.94. The lowest BCUT2D eigenvalue weighted by Crippen LogP contribution is -2.13. The average molecular weight is 301 g/mol. The van der Waals surface area contributed by atoms with Gasteiger partial charge in [-0.2, -0.15) is 13.2 Å². The lowest BCUT2D eigenvalue weighted by Gasteiger charge is -2.17. The van der Waals surface area contributed by atoms with Crippen LogP contribution in [0.3, 0.4) is 0 Å². The van der Waals surface area contributed by atoms with Gasteiger partial charge in [-0.3, -0.25) is 4.98 Å². The van der Waals surface area contributed by atoms with Gasteiger partial charge in [0, 0.05) is 18.0 Å². The smallest absolute Gasteiger partial charge is 0.416 e. The van der Waals surface area contributed by atoms with Gasteiger partial charge in [-0.05, 0) is 23.8 Å². The number of pyridine rings is 1. The van der Waals surface area contributed by atoms with Crippen molar-refractivity contribution in [1.29, 1.82) is 0 Å². The Bertz CT molecular complexity index is 643. The summed E-state index contributed by atoms with van der Waals surface area (Å²) in [4.78, 5) is 3.60. The Balaban J connectivity index is 2.48. The van der Waals surface area contributed by atoms with Crippen LogP contribution in [0.25, 0.3) is 0 Å². The molecule has 2 rings (SSSR count). The Morgan fingerprint density at radius 1 is 1.24 bits per heavy atom. The maximum atomic E-state index is 13.3. The Hall–Kier alpha value is -2.15. The van der Waals surface area contributed by atoms with Crippen LogP contribution in [0.1, 0.15) is 22.8 Å². The standard InChI is InChI=1S/C14H11F4NO2/c1-21-12-6-8(2-3-11(12)15)13(20)9-7-19-5-4-10(9)14(16,17)18/h2-7,13,20H,1H3. The lowest BCUT2D eigenvalue weighted by molar-refractivity contribution is -0.139. The summed E-state index contributed by atoms with van der Waals surface area (Å²) in [6, 6.07) is 4.13. The number of methoxy groups -OCH3 is 1. The first-order chi connectivity index (χ1) is 9.84. The van der Waals surface area contributed by atoms with Crippen LogP contribution in [0, 0.1) is 5.82 Å². The number of benzene rings is 1. The van der Waals surface area contributed by atoms with Gasteiger partial charge in [0.25, 0.3) is 0 Å². The van der Waals surface area contributed by atoms with Crippen LogP contribution in [0.15, 0.2) is 36.7 Å². The molecule has 7 heteroatoms. The van der Waals surface area contributed by atoms with Crippen molar-refractivity contribution < 1.29 is 27.4 Å². The molecule has 112 valence electrons. The highest BCUT2D eigenvalue weighted by molar-refractivity contribution is 5.39. The van der Waals surface area contributed by atoms with Crippen LogP contribution >= 0.6 is 0 Å². The number of halogens is 4. The molecule has 0 amide bonds.